The second-order valence-electron chi connectivity index (χ2n) is 5.49. The normalized spacial score (nSPS) is 12.7. The molecule has 21 heavy (non-hydrogen) atoms. The van der Waals surface area contributed by atoms with Gasteiger partial charge in [0.05, 0.1) is 5.52 Å². The zero-order valence-corrected chi connectivity index (χ0v) is 11.6. The lowest BCUT2D eigenvalue weighted by Crippen LogP contribution is -2.25. The van der Waals surface area contributed by atoms with Gasteiger partial charge in [0.2, 0.25) is 0 Å². The maximum Gasteiger partial charge on any atom is 0.421 e. The maximum atomic E-state index is 14.2. The van der Waals surface area contributed by atoms with Crippen molar-refractivity contribution in [2.75, 3.05) is 0 Å². The number of aromatic nitrogens is 1. The van der Waals surface area contributed by atoms with Gasteiger partial charge in [-0.05, 0) is 32.9 Å². The number of esters is 1. The Hall–Kier alpha value is -2.05. The summed E-state index contributed by atoms with van der Waals surface area (Å²) in [7, 11) is 0. The Morgan fingerprint density at radius 3 is 2.33 bits per heavy atom. The Kier molecular flexibility index (Phi) is 3.47. The molecule has 0 saturated heterocycles. The summed E-state index contributed by atoms with van der Waals surface area (Å²) in [6.45, 7) is 4.63. The summed E-state index contributed by atoms with van der Waals surface area (Å²) >= 11 is 0. The molecule has 2 heterocycles. The fraction of sp³-hybridized carbons (Fsp3) is 0.357. The van der Waals surface area contributed by atoms with E-state index in [1.807, 2.05) is 0 Å². The first-order valence-electron chi connectivity index (χ1n) is 6.11. The molecule has 2 rings (SSSR count). The van der Waals surface area contributed by atoms with Gasteiger partial charge in [0, 0.05) is 6.20 Å². The molecule has 0 aromatic carbocycles. The van der Waals surface area contributed by atoms with Gasteiger partial charge >= 0.3 is 12.1 Å². The molecule has 114 valence electrons. The van der Waals surface area contributed by atoms with E-state index in [0.717, 1.165) is 10.5 Å². The van der Waals surface area contributed by atoms with Crippen molar-refractivity contribution in [1.29, 1.82) is 0 Å². The quantitative estimate of drug-likeness (QED) is 0.588. The fourth-order valence-corrected chi connectivity index (χ4v) is 1.96. The number of rotatable bonds is 1. The van der Waals surface area contributed by atoms with Gasteiger partial charge < -0.3 is 9.14 Å². The molecule has 0 aliphatic heterocycles. The first-order chi connectivity index (χ1) is 9.52. The Balaban J connectivity index is 2.70. The average molecular weight is 303 g/mol. The predicted octanol–water partition coefficient (Wildman–Crippen LogP) is 4.05. The first-order valence-corrected chi connectivity index (χ1v) is 6.11. The lowest BCUT2D eigenvalue weighted by molar-refractivity contribution is -0.138. The number of hydrogen-bond acceptors (Lipinski definition) is 2. The van der Waals surface area contributed by atoms with Crippen LogP contribution in [0.25, 0.3) is 5.52 Å². The van der Waals surface area contributed by atoms with Crippen LogP contribution in [0.2, 0.25) is 0 Å². The predicted molar refractivity (Wildman–Crippen MR) is 67.5 cm³/mol. The molecule has 2 aromatic heterocycles. The summed E-state index contributed by atoms with van der Waals surface area (Å²) in [4.78, 5) is 12.0. The summed E-state index contributed by atoms with van der Waals surface area (Å²) in [6.07, 6.45) is -3.72. The molecule has 3 nitrogen and oxygen atoms in total. The van der Waals surface area contributed by atoms with Gasteiger partial charge in [-0.15, -0.1) is 0 Å². The SMILES string of the molecule is CC(C)(C)OC(=O)c1c(F)c(C(F)(F)F)c2ccccn12. The molecule has 0 fully saturated rings. The third-order valence-corrected chi connectivity index (χ3v) is 2.66. The third-order valence-electron chi connectivity index (χ3n) is 2.66. The number of halogens is 4. The molecule has 0 saturated carbocycles. The molecule has 0 aliphatic rings. The number of hydrogen-bond donors (Lipinski definition) is 0. The van der Waals surface area contributed by atoms with Crippen LogP contribution in [0.5, 0.6) is 0 Å². The van der Waals surface area contributed by atoms with E-state index in [-0.39, 0.29) is 0 Å². The summed E-state index contributed by atoms with van der Waals surface area (Å²) in [5.74, 6) is -2.76. The van der Waals surface area contributed by atoms with E-state index >= 15 is 0 Å². The number of carbonyl (C=O) groups is 1. The van der Waals surface area contributed by atoms with E-state index in [1.165, 1.54) is 18.3 Å². The van der Waals surface area contributed by atoms with Crippen LogP contribution >= 0.6 is 0 Å². The van der Waals surface area contributed by atoms with E-state index in [0.29, 0.717) is 0 Å². The van der Waals surface area contributed by atoms with Gasteiger partial charge in [-0.3, -0.25) is 0 Å². The lowest BCUT2D eigenvalue weighted by Gasteiger charge is -2.19. The van der Waals surface area contributed by atoms with Crippen LogP contribution in [0.3, 0.4) is 0 Å². The molecule has 0 bridgehead atoms. The Labute approximate surface area is 118 Å². The van der Waals surface area contributed by atoms with Crippen LogP contribution in [-0.2, 0) is 10.9 Å². The molecule has 0 N–H and O–H groups in total. The molecular weight excluding hydrogens is 290 g/mol. The highest BCUT2D eigenvalue weighted by molar-refractivity contribution is 5.91. The molecule has 0 atom stereocenters. The second-order valence-corrected chi connectivity index (χ2v) is 5.49. The van der Waals surface area contributed by atoms with Crippen LogP contribution in [-0.4, -0.2) is 16.0 Å². The number of ether oxygens (including phenoxy) is 1. The van der Waals surface area contributed by atoms with E-state index in [9.17, 15) is 22.4 Å². The van der Waals surface area contributed by atoms with E-state index in [4.69, 9.17) is 4.74 Å². The summed E-state index contributed by atoms with van der Waals surface area (Å²) in [5.41, 5.74) is -3.60. The summed E-state index contributed by atoms with van der Waals surface area (Å²) in [6, 6.07) is 3.84. The monoisotopic (exact) mass is 303 g/mol. The Morgan fingerprint density at radius 2 is 1.81 bits per heavy atom. The lowest BCUT2D eigenvalue weighted by atomic mass is 10.2. The van der Waals surface area contributed by atoms with E-state index < -0.39 is 40.3 Å². The van der Waals surface area contributed by atoms with Crippen molar-refractivity contribution in [2.45, 2.75) is 32.5 Å². The van der Waals surface area contributed by atoms with Crippen molar-refractivity contribution in [3.63, 3.8) is 0 Å². The molecule has 0 aliphatic carbocycles. The molecule has 0 radical (unpaired) electrons. The smallest absolute Gasteiger partial charge is 0.421 e. The highest BCUT2D eigenvalue weighted by Gasteiger charge is 2.41. The van der Waals surface area contributed by atoms with Crippen molar-refractivity contribution in [1.82, 2.24) is 4.40 Å². The Bertz CT molecular complexity index is 695. The standard InChI is InChI=1S/C14H13F4NO2/c1-13(2,3)21-12(20)11-10(15)9(14(16,17)18)8-6-4-5-7-19(8)11/h4-7H,1-3H3. The Morgan fingerprint density at radius 1 is 1.19 bits per heavy atom. The number of alkyl halides is 3. The van der Waals surface area contributed by atoms with Gasteiger partial charge in [-0.2, -0.15) is 13.2 Å². The molecular formula is C14H13F4NO2. The number of carbonyl (C=O) groups excluding carboxylic acids is 1. The van der Waals surface area contributed by atoms with Crippen molar-refractivity contribution in [2.24, 2.45) is 0 Å². The van der Waals surface area contributed by atoms with Crippen LogP contribution in [0.4, 0.5) is 17.6 Å². The van der Waals surface area contributed by atoms with Crippen molar-refractivity contribution in [3.8, 4) is 0 Å². The van der Waals surface area contributed by atoms with Gasteiger partial charge in [0.1, 0.15) is 11.2 Å². The fourth-order valence-electron chi connectivity index (χ4n) is 1.96. The minimum absolute atomic E-state index is 0.427. The summed E-state index contributed by atoms with van der Waals surface area (Å²) in [5, 5.41) is 0. The minimum atomic E-state index is -4.91. The topological polar surface area (TPSA) is 30.7 Å². The van der Waals surface area contributed by atoms with Crippen molar-refractivity contribution >= 4 is 11.5 Å². The van der Waals surface area contributed by atoms with Crippen LogP contribution < -0.4 is 0 Å². The van der Waals surface area contributed by atoms with Crippen LogP contribution in [0.15, 0.2) is 24.4 Å². The zero-order chi connectivity index (χ0) is 16.0. The zero-order valence-electron chi connectivity index (χ0n) is 11.6. The van der Waals surface area contributed by atoms with E-state index in [2.05, 4.69) is 0 Å². The van der Waals surface area contributed by atoms with E-state index in [1.54, 1.807) is 20.8 Å². The second kappa shape index (κ2) is 4.75. The highest BCUT2D eigenvalue weighted by atomic mass is 19.4. The number of pyridine rings is 1. The third kappa shape index (κ3) is 2.86. The maximum absolute atomic E-state index is 14.2. The van der Waals surface area contributed by atoms with Gasteiger partial charge in [0.25, 0.3) is 0 Å². The van der Waals surface area contributed by atoms with Gasteiger partial charge in [0.15, 0.2) is 11.5 Å². The van der Waals surface area contributed by atoms with Crippen LogP contribution in [0, 0.1) is 5.82 Å². The highest BCUT2D eigenvalue weighted by Crippen LogP contribution is 2.37. The molecule has 0 spiro atoms. The van der Waals surface area contributed by atoms with Gasteiger partial charge in [-0.1, -0.05) is 6.07 Å². The molecule has 0 unspecified atom stereocenters. The van der Waals surface area contributed by atoms with Crippen LogP contribution in [0.1, 0.15) is 36.8 Å². The van der Waals surface area contributed by atoms with Crippen molar-refractivity contribution < 1.29 is 27.1 Å². The van der Waals surface area contributed by atoms with Gasteiger partial charge in [-0.25, -0.2) is 9.18 Å². The minimum Gasteiger partial charge on any atom is -0.455 e. The number of nitrogens with zero attached hydrogens (tertiary/aromatic N) is 1. The largest absolute Gasteiger partial charge is 0.455 e. The average Bonchev–Trinajstić information content (AvgIpc) is 2.57. The first kappa shape index (κ1) is 15.3. The molecule has 2 aromatic rings. The van der Waals surface area contributed by atoms with Crippen molar-refractivity contribution in [3.05, 3.63) is 41.5 Å². The molecule has 0 amide bonds. The molecule has 7 heteroatoms. The number of fused-ring (bicyclic) bond motifs is 1. The summed E-state index contributed by atoms with van der Waals surface area (Å²) < 4.78 is 59.0.